The van der Waals surface area contributed by atoms with Crippen LogP contribution in [0.1, 0.15) is 80.0 Å². The van der Waals surface area contributed by atoms with E-state index in [9.17, 15) is 19.2 Å². The van der Waals surface area contributed by atoms with Crippen molar-refractivity contribution in [2.45, 2.75) is 38.5 Å². The number of carbonyl (C=O) groups is 4. The Bertz CT molecular complexity index is 1660. The minimum atomic E-state index is -0.176. The van der Waals surface area contributed by atoms with Crippen LogP contribution in [0.2, 0.25) is 0 Å². The number of halogens is 2. The van der Waals surface area contributed by atoms with Crippen LogP contribution in [-0.2, 0) is 0 Å². The Kier molecular flexibility index (Phi) is 12.8. The van der Waals surface area contributed by atoms with E-state index in [4.69, 9.17) is 0 Å². The van der Waals surface area contributed by atoms with Crippen LogP contribution in [-0.4, -0.2) is 110 Å². The lowest BCUT2D eigenvalue weighted by Gasteiger charge is -2.31. The molecule has 0 fully saturated rings. The number of benzene rings is 4. The predicted molar refractivity (Wildman–Crippen MR) is 190 cm³/mol. The molecule has 2 heterocycles. The van der Waals surface area contributed by atoms with E-state index in [1.807, 2.05) is 72.8 Å². The Morgan fingerprint density at radius 2 is 0.680 bits per heavy atom. The molecule has 2 aliphatic heterocycles. The number of fused-ring (bicyclic) bond motifs is 4. The van der Waals surface area contributed by atoms with E-state index in [-0.39, 0.29) is 57.6 Å². The number of rotatable bonds is 15. The van der Waals surface area contributed by atoms with E-state index < -0.39 is 0 Å². The van der Waals surface area contributed by atoms with Crippen molar-refractivity contribution in [1.82, 2.24) is 9.80 Å². The molecule has 266 valence electrons. The number of imide groups is 2. The third-order valence-corrected chi connectivity index (χ3v) is 10.2. The van der Waals surface area contributed by atoms with Gasteiger partial charge >= 0.3 is 0 Å². The Labute approximate surface area is 316 Å². The van der Waals surface area contributed by atoms with Crippen molar-refractivity contribution in [3.63, 3.8) is 0 Å². The van der Waals surface area contributed by atoms with Gasteiger partial charge in [0.05, 0.1) is 76.6 Å². The minimum Gasteiger partial charge on any atom is -1.00 e. The third kappa shape index (κ3) is 8.53. The first-order chi connectivity index (χ1) is 22.9. The molecule has 8 nitrogen and oxygen atoms in total. The highest BCUT2D eigenvalue weighted by molar-refractivity contribution is 6.24. The Hall–Kier alpha value is -3.44. The quantitative estimate of drug-likeness (QED) is 0.0992. The van der Waals surface area contributed by atoms with E-state index in [2.05, 4.69) is 28.2 Å². The van der Waals surface area contributed by atoms with Crippen molar-refractivity contribution in [3.05, 3.63) is 95.1 Å². The largest absolute Gasteiger partial charge is 1.00 e. The average Bonchev–Trinajstić information content (AvgIpc) is 3.43. The maximum absolute atomic E-state index is 13.0. The maximum atomic E-state index is 13.0. The molecule has 0 atom stereocenters. The molecule has 0 saturated heterocycles. The van der Waals surface area contributed by atoms with Crippen molar-refractivity contribution >= 4 is 45.2 Å². The van der Waals surface area contributed by atoms with E-state index in [0.29, 0.717) is 35.3 Å². The molecule has 0 bridgehead atoms. The third-order valence-electron chi connectivity index (χ3n) is 10.2. The average molecular weight is 809 g/mol. The summed E-state index contributed by atoms with van der Waals surface area (Å²) in [6, 6.07) is 23.1. The zero-order chi connectivity index (χ0) is 34.1. The van der Waals surface area contributed by atoms with Gasteiger partial charge in [0.25, 0.3) is 23.6 Å². The van der Waals surface area contributed by atoms with Crippen molar-refractivity contribution < 1.29 is 62.1 Å². The number of hydrogen-bond acceptors (Lipinski definition) is 4. The highest BCUT2D eigenvalue weighted by atomic mass is 79.9. The standard InChI is InChI=1S/C40H48N4O4.2BrH/c1-43(2,23-13-19-41-37(45)33-25-29-15-7-8-16-30(29)26-34(33)38(41)46)21-11-5-6-12-22-44(3,4)24-14-20-42-39(47)35-27-31-17-9-10-18-32(31)28-36(35)40(42)48;;/h7-10,15-18,25-28H,5-6,11-14,19-24H2,1-4H3;2*1H/q+2;;/p-2. The molecular weight excluding hydrogens is 760 g/mol. The lowest BCUT2D eigenvalue weighted by atomic mass is 10.0. The number of hydrogen-bond donors (Lipinski definition) is 0. The molecular formula is C40H48Br2N4O4. The van der Waals surface area contributed by atoms with Crippen LogP contribution in [0.25, 0.3) is 21.5 Å². The summed E-state index contributed by atoms with van der Waals surface area (Å²) in [5, 5.41) is 3.92. The number of unbranched alkanes of at least 4 members (excludes halogenated alkanes) is 3. The first kappa shape index (κ1) is 39.3. The molecule has 4 aromatic rings. The van der Waals surface area contributed by atoms with Gasteiger partial charge in [-0.25, -0.2) is 0 Å². The van der Waals surface area contributed by atoms with Gasteiger partial charge in [0.15, 0.2) is 0 Å². The van der Waals surface area contributed by atoms with Crippen LogP contribution in [0.15, 0.2) is 72.8 Å². The van der Waals surface area contributed by atoms with Gasteiger partial charge in [0, 0.05) is 25.9 Å². The van der Waals surface area contributed by atoms with Gasteiger partial charge in [-0.05, 0) is 71.5 Å². The van der Waals surface area contributed by atoms with Crippen LogP contribution in [0.4, 0.5) is 0 Å². The van der Waals surface area contributed by atoms with E-state index in [1.54, 1.807) is 0 Å². The summed E-state index contributed by atoms with van der Waals surface area (Å²) < 4.78 is 1.73. The zero-order valence-electron chi connectivity index (χ0n) is 29.6. The van der Waals surface area contributed by atoms with Crippen molar-refractivity contribution in [2.75, 3.05) is 67.5 Å². The zero-order valence-corrected chi connectivity index (χ0v) is 32.8. The highest BCUT2D eigenvalue weighted by Crippen LogP contribution is 2.29. The molecule has 0 aliphatic carbocycles. The summed E-state index contributed by atoms with van der Waals surface area (Å²) >= 11 is 0. The Morgan fingerprint density at radius 1 is 0.420 bits per heavy atom. The van der Waals surface area contributed by atoms with Gasteiger partial charge in [-0.2, -0.15) is 0 Å². The highest BCUT2D eigenvalue weighted by Gasteiger charge is 2.37. The molecule has 50 heavy (non-hydrogen) atoms. The first-order valence-electron chi connectivity index (χ1n) is 17.4. The normalized spacial score (nSPS) is 14.3. The summed E-state index contributed by atoms with van der Waals surface area (Å²) in [6.07, 6.45) is 6.15. The molecule has 0 aromatic heterocycles. The summed E-state index contributed by atoms with van der Waals surface area (Å²) in [4.78, 5) is 55.0. The van der Waals surface area contributed by atoms with Gasteiger partial charge in [-0.1, -0.05) is 48.5 Å². The lowest BCUT2D eigenvalue weighted by Crippen LogP contribution is -3.00. The smallest absolute Gasteiger partial charge is 0.261 e. The summed E-state index contributed by atoms with van der Waals surface area (Å²) in [6.45, 7) is 4.82. The molecule has 6 rings (SSSR count). The second-order valence-electron chi connectivity index (χ2n) is 14.9. The van der Waals surface area contributed by atoms with Gasteiger partial charge in [-0.3, -0.25) is 29.0 Å². The number of carbonyl (C=O) groups excluding carboxylic acids is 4. The van der Waals surface area contributed by atoms with Gasteiger partial charge in [0.1, 0.15) is 0 Å². The van der Waals surface area contributed by atoms with Gasteiger partial charge in [0.2, 0.25) is 0 Å². The van der Waals surface area contributed by atoms with Crippen LogP contribution >= 0.6 is 0 Å². The van der Waals surface area contributed by atoms with Crippen LogP contribution in [0.3, 0.4) is 0 Å². The van der Waals surface area contributed by atoms with Crippen LogP contribution in [0, 0.1) is 0 Å². The van der Waals surface area contributed by atoms with Gasteiger partial charge < -0.3 is 42.9 Å². The fourth-order valence-corrected chi connectivity index (χ4v) is 7.33. The van der Waals surface area contributed by atoms with Crippen molar-refractivity contribution in [3.8, 4) is 0 Å². The SMILES string of the molecule is C[N+](C)(CCCCCC[N+](C)(C)CCCN1C(=O)c2cc3ccccc3cc2C1=O)CCCN1C(=O)c2cc3ccccc3cc2C1=O.[Br-].[Br-]. The maximum Gasteiger partial charge on any atom is 0.261 e. The molecule has 0 unspecified atom stereocenters. The second-order valence-corrected chi connectivity index (χ2v) is 14.9. The first-order valence-corrected chi connectivity index (χ1v) is 17.4. The van der Waals surface area contributed by atoms with E-state index >= 15 is 0 Å². The minimum absolute atomic E-state index is 0. The number of amides is 4. The van der Waals surface area contributed by atoms with Crippen molar-refractivity contribution in [1.29, 1.82) is 0 Å². The van der Waals surface area contributed by atoms with Gasteiger partial charge in [-0.15, -0.1) is 0 Å². The monoisotopic (exact) mass is 806 g/mol. The molecule has 4 amide bonds. The lowest BCUT2D eigenvalue weighted by molar-refractivity contribution is -0.891. The van der Waals surface area contributed by atoms with Crippen molar-refractivity contribution in [2.24, 2.45) is 0 Å². The summed E-state index contributed by atoms with van der Waals surface area (Å²) in [5.74, 6) is -0.705. The molecule has 0 saturated carbocycles. The molecule has 10 heteroatoms. The van der Waals surface area contributed by atoms with E-state index in [1.165, 1.54) is 9.80 Å². The molecule has 4 aromatic carbocycles. The molecule has 0 N–H and O–H groups in total. The number of quaternary nitrogens is 2. The fourth-order valence-electron chi connectivity index (χ4n) is 7.33. The predicted octanol–water partition coefficient (Wildman–Crippen LogP) is 0.387. The van der Waals surface area contributed by atoms with E-state index in [0.717, 1.165) is 95.2 Å². The number of nitrogens with zero attached hydrogens (tertiary/aromatic N) is 4. The molecule has 2 aliphatic rings. The Balaban J connectivity index is 0.00000281. The second kappa shape index (κ2) is 16.3. The fraction of sp³-hybridized carbons (Fsp3) is 0.400. The van der Waals surface area contributed by atoms with Crippen LogP contribution in [0.5, 0.6) is 0 Å². The summed E-state index contributed by atoms with van der Waals surface area (Å²) in [5.41, 5.74) is 2.08. The van der Waals surface area contributed by atoms with Crippen LogP contribution < -0.4 is 34.0 Å². The summed E-state index contributed by atoms with van der Waals surface area (Å²) in [7, 11) is 8.91. The molecule has 0 spiro atoms. The topological polar surface area (TPSA) is 74.8 Å². The Morgan fingerprint density at radius 3 is 0.960 bits per heavy atom. The molecule has 0 radical (unpaired) electrons.